The van der Waals surface area contributed by atoms with Gasteiger partial charge in [0.25, 0.3) is 0 Å². The Morgan fingerprint density at radius 1 is 1.29 bits per heavy atom. The van der Waals surface area contributed by atoms with Crippen molar-refractivity contribution < 1.29 is 5.11 Å². The first kappa shape index (κ1) is 10.8. The lowest BCUT2D eigenvalue weighted by Gasteiger charge is -2.14. The monoisotopic (exact) mass is 191 g/mol. The van der Waals surface area contributed by atoms with Crippen LogP contribution >= 0.6 is 0 Å². The summed E-state index contributed by atoms with van der Waals surface area (Å²) in [6.07, 6.45) is 0.994. The molecule has 0 fully saturated rings. The first-order valence-corrected chi connectivity index (χ1v) is 4.88. The molecule has 1 atom stereocenters. The summed E-state index contributed by atoms with van der Waals surface area (Å²) in [4.78, 5) is 4.10. The number of phenolic OH excluding ortho intramolecular Hbond substituents is 1. The Morgan fingerprint density at radius 2 is 1.86 bits per heavy atom. The minimum absolute atomic E-state index is 0.149. The molecule has 0 heterocycles. The van der Waals surface area contributed by atoms with Crippen LogP contribution in [0.5, 0.6) is 5.75 Å². The van der Waals surface area contributed by atoms with E-state index in [1.807, 2.05) is 12.1 Å². The molecule has 1 aromatic rings. The first-order chi connectivity index (χ1) is 6.63. The highest BCUT2D eigenvalue weighted by molar-refractivity contribution is 5.31. The molecule has 1 rings (SSSR count). The van der Waals surface area contributed by atoms with Crippen molar-refractivity contribution >= 4 is 6.72 Å². The van der Waals surface area contributed by atoms with E-state index in [0.29, 0.717) is 11.7 Å². The van der Waals surface area contributed by atoms with Gasteiger partial charge in [-0.3, -0.25) is 4.99 Å². The third kappa shape index (κ3) is 2.87. The average molecular weight is 191 g/mol. The van der Waals surface area contributed by atoms with Gasteiger partial charge in [0.1, 0.15) is 5.75 Å². The van der Waals surface area contributed by atoms with Crippen molar-refractivity contribution in [2.24, 2.45) is 10.9 Å². The molecule has 0 aromatic heterocycles. The van der Waals surface area contributed by atoms with Crippen molar-refractivity contribution in [3.63, 3.8) is 0 Å². The van der Waals surface area contributed by atoms with Gasteiger partial charge in [-0.2, -0.15) is 0 Å². The molecule has 1 unspecified atom stereocenters. The second-order valence-corrected chi connectivity index (χ2v) is 3.92. The number of hydrogen-bond donors (Lipinski definition) is 1. The Hall–Kier alpha value is -1.31. The number of hydrogen-bond acceptors (Lipinski definition) is 2. The van der Waals surface area contributed by atoms with Crippen LogP contribution in [0, 0.1) is 5.92 Å². The molecule has 0 saturated heterocycles. The topological polar surface area (TPSA) is 32.6 Å². The summed E-state index contributed by atoms with van der Waals surface area (Å²) in [6.45, 7) is 7.93. The maximum Gasteiger partial charge on any atom is 0.115 e. The molecule has 0 aliphatic rings. The fourth-order valence-corrected chi connectivity index (χ4v) is 1.46. The number of rotatable bonds is 4. The van der Waals surface area contributed by atoms with Gasteiger partial charge >= 0.3 is 0 Å². The van der Waals surface area contributed by atoms with E-state index >= 15 is 0 Å². The average Bonchev–Trinajstić information content (AvgIpc) is 2.15. The zero-order chi connectivity index (χ0) is 10.6. The van der Waals surface area contributed by atoms with Crippen LogP contribution in [0.4, 0.5) is 0 Å². The van der Waals surface area contributed by atoms with E-state index < -0.39 is 0 Å². The maximum absolute atomic E-state index is 9.15. The summed E-state index contributed by atoms with van der Waals surface area (Å²) in [7, 11) is 0. The van der Waals surface area contributed by atoms with Crippen LogP contribution in [0.1, 0.15) is 31.9 Å². The Bertz CT molecular complexity index is 290. The number of benzene rings is 1. The molecule has 0 amide bonds. The van der Waals surface area contributed by atoms with E-state index in [-0.39, 0.29) is 6.04 Å². The summed E-state index contributed by atoms with van der Waals surface area (Å²) in [6, 6.07) is 7.33. The lowest BCUT2D eigenvalue weighted by Crippen LogP contribution is -1.99. The van der Waals surface area contributed by atoms with Gasteiger partial charge in [-0.1, -0.05) is 26.0 Å². The van der Waals surface area contributed by atoms with Gasteiger partial charge in [-0.25, -0.2) is 0 Å². The molecule has 1 N–H and O–H groups in total. The lowest BCUT2D eigenvalue weighted by atomic mass is 9.97. The second-order valence-electron chi connectivity index (χ2n) is 3.92. The summed E-state index contributed by atoms with van der Waals surface area (Å²) in [5.74, 6) is 0.889. The van der Waals surface area contributed by atoms with Gasteiger partial charge in [-0.05, 0) is 36.8 Å². The highest BCUT2D eigenvalue weighted by Gasteiger charge is 2.10. The molecule has 0 bridgehead atoms. The molecule has 2 nitrogen and oxygen atoms in total. The minimum Gasteiger partial charge on any atom is -0.508 e. The fourth-order valence-electron chi connectivity index (χ4n) is 1.46. The zero-order valence-electron chi connectivity index (χ0n) is 8.77. The lowest BCUT2D eigenvalue weighted by molar-refractivity contribution is 0.473. The fraction of sp³-hybridized carbons (Fsp3) is 0.417. The predicted octanol–water partition coefficient (Wildman–Crippen LogP) is 3.18. The third-order valence-electron chi connectivity index (χ3n) is 2.19. The van der Waals surface area contributed by atoms with Crippen LogP contribution in [0.25, 0.3) is 0 Å². The van der Waals surface area contributed by atoms with Crippen molar-refractivity contribution in [1.29, 1.82) is 0 Å². The van der Waals surface area contributed by atoms with Crippen molar-refractivity contribution in [1.82, 2.24) is 0 Å². The van der Waals surface area contributed by atoms with E-state index in [1.165, 1.54) is 0 Å². The van der Waals surface area contributed by atoms with Crippen LogP contribution in [0.15, 0.2) is 29.3 Å². The third-order valence-corrected chi connectivity index (χ3v) is 2.19. The van der Waals surface area contributed by atoms with Gasteiger partial charge in [0.15, 0.2) is 0 Å². The molecule has 0 radical (unpaired) electrons. The summed E-state index contributed by atoms with van der Waals surface area (Å²) in [5, 5.41) is 9.15. The predicted molar refractivity (Wildman–Crippen MR) is 59.9 cm³/mol. The summed E-state index contributed by atoms with van der Waals surface area (Å²) >= 11 is 0. The summed E-state index contributed by atoms with van der Waals surface area (Å²) in [5.41, 5.74) is 1.12. The molecule has 1 aromatic carbocycles. The first-order valence-electron chi connectivity index (χ1n) is 4.88. The van der Waals surface area contributed by atoms with Crippen LogP contribution < -0.4 is 0 Å². The van der Waals surface area contributed by atoms with Gasteiger partial charge in [-0.15, -0.1) is 0 Å². The number of aliphatic imine (C=N–C) groups is 1. The van der Waals surface area contributed by atoms with E-state index in [9.17, 15) is 0 Å². The molecule has 0 aliphatic heterocycles. The largest absolute Gasteiger partial charge is 0.508 e. The van der Waals surface area contributed by atoms with Gasteiger partial charge in [0.05, 0.1) is 6.04 Å². The van der Waals surface area contributed by atoms with E-state index in [2.05, 4.69) is 25.6 Å². The smallest absolute Gasteiger partial charge is 0.115 e. The molecular formula is C12H17NO. The molecule has 0 spiro atoms. The van der Waals surface area contributed by atoms with Crippen molar-refractivity contribution in [2.75, 3.05) is 0 Å². The maximum atomic E-state index is 9.15. The van der Waals surface area contributed by atoms with Gasteiger partial charge in [0, 0.05) is 0 Å². The molecular weight excluding hydrogens is 174 g/mol. The van der Waals surface area contributed by atoms with E-state index in [0.717, 1.165) is 12.0 Å². The zero-order valence-corrected chi connectivity index (χ0v) is 8.77. The van der Waals surface area contributed by atoms with Crippen molar-refractivity contribution in [3.8, 4) is 5.75 Å². The molecule has 2 heteroatoms. The van der Waals surface area contributed by atoms with Crippen LogP contribution in [0.3, 0.4) is 0 Å². The quantitative estimate of drug-likeness (QED) is 0.728. The second kappa shape index (κ2) is 4.80. The van der Waals surface area contributed by atoms with Crippen LogP contribution in [-0.2, 0) is 0 Å². The van der Waals surface area contributed by atoms with E-state index in [4.69, 9.17) is 5.11 Å². The Labute approximate surface area is 85.3 Å². The number of nitrogens with zero attached hydrogens (tertiary/aromatic N) is 1. The molecule has 0 aliphatic carbocycles. The van der Waals surface area contributed by atoms with Gasteiger partial charge < -0.3 is 5.11 Å². The van der Waals surface area contributed by atoms with Crippen LogP contribution in [-0.4, -0.2) is 11.8 Å². The Balaban J connectivity index is 2.78. The SMILES string of the molecule is C=NC(CC(C)C)c1ccc(O)cc1. The molecule has 76 valence electrons. The van der Waals surface area contributed by atoms with Gasteiger partial charge in [0.2, 0.25) is 0 Å². The molecule has 0 saturated carbocycles. The molecule has 14 heavy (non-hydrogen) atoms. The number of aromatic hydroxyl groups is 1. The number of phenols is 1. The standard InChI is InChI=1S/C12H17NO/c1-9(2)8-12(13-3)10-4-6-11(14)7-5-10/h4-7,9,12,14H,3,8H2,1-2H3. The van der Waals surface area contributed by atoms with Crippen molar-refractivity contribution in [2.45, 2.75) is 26.3 Å². The summed E-state index contributed by atoms with van der Waals surface area (Å²) < 4.78 is 0. The van der Waals surface area contributed by atoms with E-state index in [1.54, 1.807) is 12.1 Å². The van der Waals surface area contributed by atoms with Crippen molar-refractivity contribution in [3.05, 3.63) is 29.8 Å². The normalized spacial score (nSPS) is 12.8. The highest BCUT2D eigenvalue weighted by atomic mass is 16.3. The highest BCUT2D eigenvalue weighted by Crippen LogP contribution is 2.25. The Morgan fingerprint density at radius 3 is 2.29 bits per heavy atom. The van der Waals surface area contributed by atoms with Crippen LogP contribution in [0.2, 0.25) is 0 Å². The Kier molecular flexibility index (Phi) is 3.69. The minimum atomic E-state index is 0.149.